The number of hydrogen-bond donors (Lipinski definition) is 0. The molecule has 2 nitrogen and oxygen atoms in total. The molecule has 1 heterocycles. The van der Waals surface area contributed by atoms with Crippen molar-refractivity contribution in [2.75, 3.05) is 0 Å². The third kappa shape index (κ3) is 1.61. The maximum atomic E-state index is 10.6. The number of carboxylic acid groups (broad SMARTS) is 1. The molecule has 0 aromatic carbocycles. The molecule has 0 spiro atoms. The fourth-order valence-corrected chi connectivity index (χ4v) is 2.85. The van der Waals surface area contributed by atoms with E-state index in [-0.39, 0.29) is 0 Å². The smallest absolute Gasteiger partial charge is 0.0815 e. The molecule has 0 amide bonds. The van der Waals surface area contributed by atoms with Gasteiger partial charge >= 0.3 is 0 Å². The molecule has 0 fully saturated rings. The van der Waals surface area contributed by atoms with Crippen LogP contribution in [0.4, 0.5) is 0 Å². The van der Waals surface area contributed by atoms with E-state index in [1.807, 2.05) is 0 Å². The first-order valence-electron chi connectivity index (χ1n) is 4.49. The van der Waals surface area contributed by atoms with Gasteiger partial charge in [0.05, 0.1) is 10.8 Å². The summed E-state index contributed by atoms with van der Waals surface area (Å²) in [6.07, 6.45) is 3.24. The SMILES string of the molecule is C[C@@H]1CCc2sc(C(=O)[O-])cc2C1. The van der Waals surface area contributed by atoms with Crippen molar-refractivity contribution >= 4 is 17.3 Å². The number of carbonyl (C=O) groups is 1. The van der Waals surface area contributed by atoms with Gasteiger partial charge in [-0.15, -0.1) is 11.3 Å². The average Bonchev–Trinajstić information content (AvgIpc) is 2.46. The number of fused-ring (bicyclic) bond motifs is 1. The van der Waals surface area contributed by atoms with Gasteiger partial charge in [0.1, 0.15) is 0 Å². The maximum Gasteiger partial charge on any atom is 0.0815 e. The molecule has 0 bridgehead atoms. The van der Waals surface area contributed by atoms with Crippen molar-refractivity contribution in [1.29, 1.82) is 0 Å². The highest BCUT2D eigenvalue weighted by Gasteiger charge is 2.18. The number of thiophene rings is 1. The lowest BCUT2D eigenvalue weighted by Crippen LogP contribution is -2.20. The van der Waals surface area contributed by atoms with Gasteiger partial charge in [0.2, 0.25) is 0 Å². The molecular formula is C10H11O2S-. The highest BCUT2D eigenvalue weighted by atomic mass is 32.1. The zero-order valence-corrected chi connectivity index (χ0v) is 8.32. The van der Waals surface area contributed by atoms with Gasteiger partial charge < -0.3 is 9.90 Å². The summed E-state index contributed by atoms with van der Waals surface area (Å²) in [6.45, 7) is 2.21. The van der Waals surface area contributed by atoms with Crippen LogP contribution in [0.5, 0.6) is 0 Å². The molecule has 0 radical (unpaired) electrons. The predicted molar refractivity (Wildman–Crippen MR) is 49.8 cm³/mol. The number of carbonyl (C=O) groups excluding carboxylic acids is 1. The molecule has 2 rings (SSSR count). The van der Waals surface area contributed by atoms with Crippen LogP contribution in [0, 0.1) is 5.92 Å². The molecule has 0 N–H and O–H groups in total. The number of hydrogen-bond acceptors (Lipinski definition) is 3. The van der Waals surface area contributed by atoms with Crippen molar-refractivity contribution in [3.8, 4) is 0 Å². The third-order valence-corrected chi connectivity index (χ3v) is 3.75. The Labute approximate surface area is 81.2 Å². The minimum Gasteiger partial charge on any atom is -0.544 e. The van der Waals surface area contributed by atoms with E-state index in [4.69, 9.17) is 0 Å². The summed E-state index contributed by atoms with van der Waals surface area (Å²) in [4.78, 5) is 12.2. The summed E-state index contributed by atoms with van der Waals surface area (Å²) in [5.41, 5.74) is 1.22. The molecule has 3 heteroatoms. The average molecular weight is 195 g/mol. The Balaban J connectivity index is 2.33. The van der Waals surface area contributed by atoms with Crippen LogP contribution in [0.25, 0.3) is 0 Å². The molecule has 0 saturated heterocycles. The topological polar surface area (TPSA) is 40.1 Å². The van der Waals surface area contributed by atoms with E-state index < -0.39 is 5.97 Å². The summed E-state index contributed by atoms with van der Waals surface area (Å²) >= 11 is 1.38. The first-order chi connectivity index (χ1) is 6.16. The molecule has 1 aliphatic rings. The van der Waals surface area contributed by atoms with Gasteiger partial charge in [-0.2, -0.15) is 0 Å². The van der Waals surface area contributed by atoms with Crippen LogP contribution in [0.1, 0.15) is 33.5 Å². The number of carboxylic acids is 1. The van der Waals surface area contributed by atoms with Crippen molar-refractivity contribution in [1.82, 2.24) is 0 Å². The van der Waals surface area contributed by atoms with Crippen LogP contribution in [0.15, 0.2) is 6.07 Å². The van der Waals surface area contributed by atoms with Crippen LogP contribution in [-0.2, 0) is 12.8 Å². The first-order valence-corrected chi connectivity index (χ1v) is 5.31. The molecular weight excluding hydrogens is 184 g/mol. The largest absolute Gasteiger partial charge is 0.544 e. The molecule has 1 aromatic rings. The van der Waals surface area contributed by atoms with E-state index in [2.05, 4.69) is 6.92 Å². The molecule has 1 aliphatic carbocycles. The lowest BCUT2D eigenvalue weighted by Gasteiger charge is -2.16. The Bertz CT molecular complexity index is 341. The third-order valence-electron chi connectivity index (χ3n) is 2.53. The lowest BCUT2D eigenvalue weighted by atomic mass is 9.90. The Morgan fingerprint density at radius 2 is 2.46 bits per heavy atom. The number of aromatic carboxylic acids is 1. The standard InChI is InChI=1S/C10H12O2S/c1-6-2-3-8-7(4-6)5-9(13-8)10(11)12/h5-6H,2-4H2,1H3,(H,11,12)/p-1/t6-/m1/s1. The second-order valence-electron chi connectivity index (χ2n) is 3.69. The van der Waals surface area contributed by atoms with Crippen molar-refractivity contribution < 1.29 is 9.90 Å². The Morgan fingerprint density at radius 1 is 1.69 bits per heavy atom. The van der Waals surface area contributed by atoms with Crippen LogP contribution in [0.3, 0.4) is 0 Å². The second-order valence-corrected chi connectivity index (χ2v) is 4.83. The zero-order chi connectivity index (χ0) is 9.42. The summed E-state index contributed by atoms with van der Waals surface area (Å²) in [5.74, 6) is -0.344. The Hall–Kier alpha value is -0.830. The van der Waals surface area contributed by atoms with Crippen molar-refractivity contribution in [3.05, 3.63) is 21.4 Å². The normalized spacial score (nSPS) is 21.2. The van der Waals surface area contributed by atoms with Gasteiger partial charge in [-0.25, -0.2) is 0 Å². The number of rotatable bonds is 1. The van der Waals surface area contributed by atoms with Crippen LogP contribution in [-0.4, -0.2) is 5.97 Å². The fourth-order valence-electron chi connectivity index (χ4n) is 1.81. The summed E-state index contributed by atoms with van der Waals surface area (Å²) in [6, 6.07) is 1.78. The van der Waals surface area contributed by atoms with Crippen LogP contribution >= 0.6 is 11.3 Å². The maximum absolute atomic E-state index is 10.6. The molecule has 0 unspecified atom stereocenters. The highest BCUT2D eigenvalue weighted by molar-refractivity contribution is 7.14. The summed E-state index contributed by atoms with van der Waals surface area (Å²) < 4.78 is 0. The number of aryl methyl sites for hydroxylation is 1. The van der Waals surface area contributed by atoms with E-state index in [1.165, 1.54) is 28.2 Å². The first kappa shape index (κ1) is 8.75. The van der Waals surface area contributed by atoms with Gasteiger partial charge in [0.25, 0.3) is 0 Å². The molecule has 13 heavy (non-hydrogen) atoms. The molecule has 0 aliphatic heterocycles. The molecule has 0 saturated carbocycles. The van der Waals surface area contributed by atoms with Crippen molar-refractivity contribution in [3.63, 3.8) is 0 Å². The van der Waals surface area contributed by atoms with Gasteiger partial charge in [0, 0.05) is 4.88 Å². The Kier molecular flexibility index (Phi) is 2.12. The predicted octanol–water partition coefficient (Wildman–Crippen LogP) is 1.24. The second kappa shape index (κ2) is 3.14. The Morgan fingerprint density at radius 3 is 3.15 bits per heavy atom. The van der Waals surface area contributed by atoms with Gasteiger partial charge in [0.15, 0.2) is 0 Å². The van der Waals surface area contributed by atoms with Gasteiger partial charge in [-0.3, -0.25) is 0 Å². The minimum absolute atomic E-state index is 0.388. The lowest BCUT2D eigenvalue weighted by molar-refractivity contribution is -0.254. The van der Waals surface area contributed by atoms with E-state index in [0.29, 0.717) is 10.8 Å². The van der Waals surface area contributed by atoms with E-state index in [1.54, 1.807) is 6.07 Å². The van der Waals surface area contributed by atoms with Crippen LogP contribution < -0.4 is 5.11 Å². The minimum atomic E-state index is -1.04. The fraction of sp³-hybridized carbons (Fsp3) is 0.500. The monoisotopic (exact) mass is 195 g/mol. The molecule has 1 atom stereocenters. The van der Waals surface area contributed by atoms with E-state index >= 15 is 0 Å². The van der Waals surface area contributed by atoms with E-state index in [0.717, 1.165) is 12.8 Å². The van der Waals surface area contributed by atoms with E-state index in [9.17, 15) is 9.90 Å². The quantitative estimate of drug-likeness (QED) is 0.676. The summed E-state index contributed by atoms with van der Waals surface area (Å²) in [5, 5.41) is 10.6. The molecule has 1 aromatic heterocycles. The highest BCUT2D eigenvalue weighted by Crippen LogP contribution is 2.31. The molecule has 70 valence electrons. The van der Waals surface area contributed by atoms with Crippen molar-refractivity contribution in [2.24, 2.45) is 5.92 Å². The van der Waals surface area contributed by atoms with Crippen molar-refractivity contribution in [2.45, 2.75) is 26.2 Å². The summed E-state index contributed by atoms with van der Waals surface area (Å²) in [7, 11) is 0. The zero-order valence-electron chi connectivity index (χ0n) is 7.50. The van der Waals surface area contributed by atoms with Crippen LogP contribution in [0.2, 0.25) is 0 Å². The van der Waals surface area contributed by atoms with Gasteiger partial charge in [-0.05, 0) is 36.8 Å². The van der Waals surface area contributed by atoms with Gasteiger partial charge in [-0.1, -0.05) is 6.92 Å².